The number of alkyl halides is 3. The van der Waals surface area contributed by atoms with Crippen LogP contribution in [0.25, 0.3) is 0 Å². The molecule has 1 atom stereocenters. The molecule has 0 fully saturated rings. The smallest absolute Gasteiger partial charge is 0.320 e. The minimum atomic E-state index is -4.44. The second-order valence-corrected chi connectivity index (χ2v) is 4.26. The molecule has 0 aliphatic carbocycles. The number of halogens is 5. The molecule has 0 aliphatic rings. The molecular formula is C14H10F5N. The van der Waals surface area contributed by atoms with Crippen molar-refractivity contribution in [3.8, 4) is 0 Å². The first kappa shape index (κ1) is 14.5. The minimum absolute atomic E-state index is 0.0196. The molecule has 0 amide bonds. The van der Waals surface area contributed by atoms with Crippen molar-refractivity contribution in [2.75, 3.05) is 0 Å². The second kappa shape index (κ2) is 5.20. The molecule has 0 spiro atoms. The van der Waals surface area contributed by atoms with Gasteiger partial charge < -0.3 is 5.73 Å². The van der Waals surface area contributed by atoms with E-state index in [0.717, 1.165) is 18.2 Å². The second-order valence-electron chi connectivity index (χ2n) is 4.26. The maximum Gasteiger partial charge on any atom is 0.416 e. The first-order chi connectivity index (χ1) is 9.29. The van der Waals surface area contributed by atoms with Crippen LogP contribution in [0.3, 0.4) is 0 Å². The van der Waals surface area contributed by atoms with Crippen molar-refractivity contribution in [1.82, 2.24) is 0 Å². The molecule has 0 aliphatic heterocycles. The molecule has 0 aromatic heterocycles. The highest BCUT2D eigenvalue weighted by atomic mass is 19.4. The highest BCUT2D eigenvalue weighted by Crippen LogP contribution is 2.30. The predicted molar refractivity (Wildman–Crippen MR) is 63.8 cm³/mol. The summed E-state index contributed by atoms with van der Waals surface area (Å²) in [5.74, 6) is -1.58. The summed E-state index contributed by atoms with van der Waals surface area (Å²) >= 11 is 0. The van der Waals surface area contributed by atoms with Gasteiger partial charge in [0.25, 0.3) is 0 Å². The Morgan fingerprint density at radius 1 is 0.900 bits per heavy atom. The molecule has 2 N–H and O–H groups in total. The zero-order chi connectivity index (χ0) is 14.9. The van der Waals surface area contributed by atoms with Crippen LogP contribution in [0.5, 0.6) is 0 Å². The average molecular weight is 287 g/mol. The molecule has 2 rings (SSSR count). The summed E-state index contributed by atoms with van der Waals surface area (Å²) in [6.45, 7) is 0. The lowest BCUT2D eigenvalue weighted by Gasteiger charge is -2.14. The summed E-state index contributed by atoms with van der Waals surface area (Å²) in [5.41, 5.74) is 5.30. The zero-order valence-corrected chi connectivity index (χ0v) is 10.1. The van der Waals surface area contributed by atoms with Crippen LogP contribution < -0.4 is 5.73 Å². The largest absolute Gasteiger partial charge is 0.416 e. The van der Waals surface area contributed by atoms with Gasteiger partial charge in [0.1, 0.15) is 11.6 Å². The van der Waals surface area contributed by atoms with Gasteiger partial charge in [-0.25, -0.2) is 8.78 Å². The monoisotopic (exact) mass is 287 g/mol. The van der Waals surface area contributed by atoms with E-state index in [4.69, 9.17) is 5.73 Å². The van der Waals surface area contributed by atoms with Gasteiger partial charge in [-0.1, -0.05) is 18.2 Å². The van der Waals surface area contributed by atoms with Crippen molar-refractivity contribution in [2.24, 2.45) is 5.73 Å². The highest BCUT2D eigenvalue weighted by molar-refractivity contribution is 5.34. The molecule has 0 saturated carbocycles. The molecule has 0 bridgehead atoms. The molecule has 1 unspecified atom stereocenters. The molecule has 6 heteroatoms. The van der Waals surface area contributed by atoms with Gasteiger partial charge in [-0.3, -0.25) is 0 Å². The van der Waals surface area contributed by atoms with Crippen molar-refractivity contribution in [2.45, 2.75) is 12.2 Å². The fourth-order valence-electron chi connectivity index (χ4n) is 1.81. The van der Waals surface area contributed by atoms with E-state index in [2.05, 4.69) is 0 Å². The van der Waals surface area contributed by atoms with Crippen LogP contribution in [0.2, 0.25) is 0 Å². The Kier molecular flexibility index (Phi) is 3.76. The SMILES string of the molecule is NC(c1ccc(C(F)(F)F)cc1)c1ccc(F)cc1F. The zero-order valence-electron chi connectivity index (χ0n) is 10.1. The number of hydrogen-bond acceptors (Lipinski definition) is 1. The lowest BCUT2D eigenvalue weighted by atomic mass is 9.98. The number of benzene rings is 2. The van der Waals surface area contributed by atoms with Crippen molar-refractivity contribution >= 4 is 0 Å². The van der Waals surface area contributed by atoms with Gasteiger partial charge >= 0.3 is 6.18 Å². The topological polar surface area (TPSA) is 26.0 Å². The molecule has 1 nitrogen and oxygen atoms in total. The first-order valence-electron chi connectivity index (χ1n) is 5.66. The quantitative estimate of drug-likeness (QED) is 0.829. The summed E-state index contributed by atoms with van der Waals surface area (Å²) < 4.78 is 63.6. The van der Waals surface area contributed by atoms with E-state index in [0.29, 0.717) is 11.6 Å². The van der Waals surface area contributed by atoms with Gasteiger partial charge in [0, 0.05) is 11.6 Å². The van der Waals surface area contributed by atoms with Crippen LogP contribution in [0.15, 0.2) is 42.5 Å². The van der Waals surface area contributed by atoms with E-state index >= 15 is 0 Å². The molecule has 2 aromatic carbocycles. The molecule has 20 heavy (non-hydrogen) atoms. The van der Waals surface area contributed by atoms with E-state index in [1.807, 2.05) is 0 Å². The molecule has 106 valence electrons. The molecule has 0 radical (unpaired) electrons. The number of nitrogens with two attached hydrogens (primary N) is 1. The van der Waals surface area contributed by atoms with Crippen LogP contribution >= 0.6 is 0 Å². The predicted octanol–water partition coefficient (Wildman–Crippen LogP) is 4.03. The van der Waals surface area contributed by atoms with Gasteiger partial charge in [0.15, 0.2) is 0 Å². The third-order valence-corrected chi connectivity index (χ3v) is 2.89. The van der Waals surface area contributed by atoms with Gasteiger partial charge in [0.2, 0.25) is 0 Å². The minimum Gasteiger partial charge on any atom is -0.320 e. The van der Waals surface area contributed by atoms with E-state index in [-0.39, 0.29) is 5.56 Å². The van der Waals surface area contributed by atoms with E-state index in [9.17, 15) is 22.0 Å². The standard InChI is InChI=1S/C14H10F5N/c15-10-5-6-11(12(16)7-10)13(20)8-1-3-9(4-2-8)14(17,18)19/h1-7,13H,20H2. The van der Waals surface area contributed by atoms with Crippen molar-refractivity contribution in [3.63, 3.8) is 0 Å². The third kappa shape index (κ3) is 2.96. The summed E-state index contributed by atoms with van der Waals surface area (Å²) in [6.07, 6.45) is -4.44. The average Bonchev–Trinajstić information content (AvgIpc) is 2.37. The Bertz CT molecular complexity index is 604. The summed E-state index contributed by atoms with van der Waals surface area (Å²) in [6, 6.07) is 6.03. The van der Waals surface area contributed by atoms with Gasteiger partial charge in [0.05, 0.1) is 11.6 Å². The number of rotatable bonds is 2. The Labute approximate surface area is 111 Å². The molecule has 0 heterocycles. The van der Waals surface area contributed by atoms with Gasteiger partial charge in [-0.05, 0) is 23.8 Å². The van der Waals surface area contributed by atoms with Gasteiger partial charge in [-0.15, -0.1) is 0 Å². The Hall–Kier alpha value is -1.95. The van der Waals surface area contributed by atoms with E-state index in [1.54, 1.807) is 0 Å². The van der Waals surface area contributed by atoms with Crippen LogP contribution in [0, 0.1) is 11.6 Å². The van der Waals surface area contributed by atoms with Crippen LogP contribution in [-0.2, 0) is 6.18 Å². The normalized spacial score (nSPS) is 13.3. The fraction of sp³-hybridized carbons (Fsp3) is 0.143. The van der Waals surface area contributed by atoms with Crippen LogP contribution in [0.1, 0.15) is 22.7 Å². The van der Waals surface area contributed by atoms with Crippen molar-refractivity contribution < 1.29 is 22.0 Å². The third-order valence-electron chi connectivity index (χ3n) is 2.89. The lowest BCUT2D eigenvalue weighted by Crippen LogP contribution is -2.14. The maximum absolute atomic E-state index is 13.6. The summed E-state index contributed by atoms with van der Waals surface area (Å²) in [4.78, 5) is 0. The molecule has 0 saturated heterocycles. The van der Waals surface area contributed by atoms with Gasteiger partial charge in [-0.2, -0.15) is 13.2 Å². The van der Waals surface area contributed by atoms with Crippen molar-refractivity contribution in [3.05, 3.63) is 70.8 Å². The lowest BCUT2D eigenvalue weighted by molar-refractivity contribution is -0.137. The highest BCUT2D eigenvalue weighted by Gasteiger charge is 2.30. The van der Waals surface area contributed by atoms with Crippen molar-refractivity contribution in [1.29, 1.82) is 0 Å². The molecular weight excluding hydrogens is 277 g/mol. The van der Waals surface area contributed by atoms with E-state index in [1.165, 1.54) is 18.2 Å². The Balaban J connectivity index is 2.31. The molecule has 2 aromatic rings. The first-order valence-corrected chi connectivity index (χ1v) is 5.66. The fourth-order valence-corrected chi connectivity index (χ4v) is 1.81. The van der Waals surface area contributed by atoms with Crippen LogP contribution in [0.4, 0.5) is 22.0 Å². The Morgan fingerprint density at radius 3 is 2.00 bits per heavy atom. The summed E-state index contributed by atoms with van der Waals surface area (Å²) in [7, 11) is 0. The van der Waals surface area contributed by atoms with E-state index < -0.39 is 29.4 Å². The Morgan fingerprint density at radius 2 is 1.50 bits per heavy atom. The number of hydrogen-bond donors (Lipinski definition) is 1. The maximum atomic E-state index is 13.6. The summed E-state index contributed by atoms with van der Waals surface area (Å²) in [5, 5.41) is 0. The van der Waals surface area contributed by atoms with Crippen LogP contribution in [-0.4, -0.2) is 0 Å².